The van der Waals surface area contributed by atoms with Crippen LogP contribution in [-0.4, -0.2) is 25.3 Å². The molecule has 1 unspecified atom stereocenters. The van der Waals surface area contributed by atoms with Crippen molar-refractivity contribution in [2.45, 2.75) is 38.9 Å². The Labute approximate surface area is 116 Å². The van der Waals surface area contributed by atoms with Crippen LogP contribution in [0.15, 0.2) is 18.2 Å². The van der Waals surface area contributed by atoms with Crippen LogP contribution >= 0.6 is 0 Å². The molecule has 0 heterocycles. The quantitative estimate of drug-likeness (QED) is 0.813. The van der Waals surface area contributed by atoms with Crippen LogP contribution in [0.1, 0.15) is 25.8 Å². The lowest BCUT2D eigenvalue weighted by Gasteiger charge is -2.27. The first-order valence-corrected chi connectivity index (χ1v) is 6.62. The molecule has 0 aromatic heterocycles. The fourth-order valence-corrected chi connectivity index (χ4v) is 2.04. The Kier molecular flexibility index (Phi) is 5.80. The molecule has 0 aliphatic rings. The van der Waals surface area contributed by atoms with Crippen LogP contribution in [0.5, 0.6) is 0 Å². The maximum atomic E-state index is 13.3. The van der Waals surface area contributed by atoms with Crippen molar-refractivity contribution in [1.29, 1.82) is 0 Å². The molecule has 1 aromatic rings. The average Bonchev–Trinajstić information content (AvgIpc) is 2.35. The van der Waals surface area contributed by atoms with E-state index in [2.05, 4.69) is 0 Å². The first kappa shape index (κ1) is 16.8. The van der Waals surface area contributed by atoms with E-state index >= 15 is 0 Å². The highest BCUT2D eigenvalue weighted by Gasteiger charge is 2.31. The normalized spacial score (nSPS) is 13.3. The van der Waals surface area contributed by atoms with Crippen molar-refractivity contribution in [3.8, 4) is 0 Å². The Bertz CT molecular complexity index is 432. The zero-order valence-electron chi connectivity index (χ0n) is 11.7. The van der Waals surface area contributed by atoms with Gasteiger partial charge in [-0.1, -0.05) is 6.92 Å². The summed E-state index contributed by atoms with van der Waals surface area (Å²) >= 11 is 0. The van der Waals surface area contributed by atoms with Crippen molar-refractivity contribution in [3.63, 3.8) is 0 Å². The van der Waals surface area contributed by atoms with Gasteiger partial charge in [-0.2, -0.15) is 13.2 Å². The molecule has 1 aromatic carbocycles. The van der Waals surface area contributed by atoms with Gasteiger partial charge in [-0.25, -0.2) is 4.39 Å². The third-order valence-corrected chi connectivity index (χ3v) is 3.14. The molecule has 0 bridgehead atoms. The standard InChI is InChI=1S/C14H20F4N2/c1-3-12(19)8-10-7-11(15)5-6-13(10)20(4-2)9-14(16,17)18/h5-7,12H,3-4,8-9,19H2,1-2H3. The first-order valence-electron chi connectivity index (χ1n) is 6.62. The number of halogens is 4. The van der Waals surface area contributed by atoms with Gasteiger partial charge in [0.2, 0.25) is 0 Å². The van der Waals surface area contributed by atoms with E-state index in [0.717, 1.165) is 0 Å². The summed E-state index contributed by atoms with van der Waals surface area (Å²) < 4.78 is 51.1. The van der Waals surface area contributed by atoms with Crippen molar-refractivity contribution in [3.05, 3.63) is 29.6 Å². The average molecular weight is 292 g/mol. The van der Waals surface area contributed by atoms with Gasteiger partial charge in [0.15, 0.2) is 0 Å². The summed E-state index contributed by atoms with van der Waals surface area (Å²) in [5.74, 6) is -0.463. The van der Waals surface area contributed by atoms with Crippen LogP contribution in [0.3, 0.4) is 0 Å². The maximum Gasteiger partial charge on any atom is 0.405 e. The lowest BCUT2D eigenvalue weighted by atomic mass is 10.0. The summed E-state index contributed by atoms with van der Waals surface area (Å²) in [6.45, 7) is 2.67. The Morgan fingerprint density at radius 2 is 1.90 bits per heavy atom. The summed E-state index contributed by atoms with van der Waals surface area (Å²) in [7, 11) is 0. The highest BCUT2D eigenvalue weighted by molar-refractivity contribution is 5.54. The van der Waals surface area contributed by atoms with E-state index in [9.17, 15) is 17.6 Å². The molecule has 0 aliphatic carbocycles. The zero-order chi connectivity index (χ0) is 15.3. The summed E-state index contributed by atoms with van der Waals surface area (Å²) in [6, 6.07) is 3.64. The predicted molar refractivity (Wildman–Crippen MR) is 72.3 cm³/mol. The lowest BCUT2D eigenvalue weighted by molar-refractivity contribution is -0.119. The fourth-order valence-electron chi connectivity index (χ4n) is 2.04. The zero-order valence-corrected chi connectivity index (χ0v) is 11.7. The van der Waals surface area contributed by atoms with Gasteiger partial charge in [-0.3, -0.25) is 0 Å². The van der Waals surface area contributed by atoms with E-state index < -0.39 is 18.5 Å². The highest BCUT2D eigenvalue weighted by Crippen LogP contribution is 2.27. The van der Waals surface area contributed by atoms with Gasteiger partial charge in [0.1, 0.15) is 12.4 Å². The molecule has 0 aliphatic heterocycles. The fraction of sp³-hybridized carbons (Fsp3) is 0.571. The van der Waals surface area contributed by atoms with Crippen molar-refractivity contribution in [2.24, 2.45) is 5.73 Å². The van der Waals surface area contributed by atoms with Crippen molar-refractivity contribution in [2.75, 3.05) is 18.0 Å². The Balaban J connectivity index is 3.07. The van der Waals surface area contributed by atoms with E-state index in [-0.39, 0.29) is 12.6 Å². The predicted octanol–water partition coefficient (Wildman–Crippen LogP) is 3.49. The lowest BCUT2D eigenvalue weighted by Crippen LogP contribution is -2.35. The number of hydrogen-bond acceptors (Lipinski definition) is 2. The van der Waals surface area contributed by atoms with Gasteiger partial charge in [0.05, 0.1) is 0 Å². The van der Waals surface area contributed by atoms with Crippen molar-refractivity contribution >= 4 is 5.69 Å². The number of benzene rings is 1. The van der Waals surface area contributed by atoms with E-state index in [4.69, 9.17) is 5.73 Å². The molecule has 0 saturated carbocycles. The number of hydrogen-bond donors (Lipinski definition) is 1. The van der Waals surface area contributed by atoms with Crippen LogP contribution in [-0.2, 0) is 6.42 Å². The molecule has 1 atom stereocenters. The second-order valence-corrected chi connectivity index (χ2v) is 4.77. The van der Waals surface area contributed by atoms with Crippen LogP contribution in [0.4, 0.5) is 23.2 Å². The van der Waals surface area contributed by atoms with Crippen LogP contribution in [0.2, 0.25) is 0 Å². The molecule has 0 saturated heterocycles. The smallest absolute Gasteiger partial charge is 0.363 e. The summed E-state index contributed by atoms with van der Waals surface area (Å²) in [5.41, 5.74) is 6.75. The summed E-state index contributed by atoms with van der Waals surface area (Å²) in [5, 5.41) is 0. The van der Waals surface area contributed by atoms with E-state index in [1.165, 1.54) is 23.1 Å². The van der Waals surface area contributed by atoms with Gasteiger partial charge in [0, 0.05) is 18.3 Å². The van der Waals surface area contributed by atoms with Gasteiger partial charge in [0.25, 0.3) is 0 Å². The minimum Gasteiger partial charge on any atom is -0.363 e. The molecule has 2 N–H and O–H groups in total. The van der Waals surface area contributed by atoms with Crippen LogP contribution < -0.4 is 10.6 Å². The Hall–Kier alpha value is -1.30. The number of nitrogens with zero attached hydrogens (tertiary/aromatic N) is 1. The van der Waals surface area contributed by atoms with Crippen LogP contribution in [0.25, 0.3) is 0 Å². The van der Waals surface area contributed by atoms with Gasteiger partial charge in [-0.05, 0) is 43.5 Å². The Morgan fingerprint density at radius 1 is 1.25 bits per heavy atom. The molecule has 20 heavy (non-hydrogen) atoms. The Morgan fingerprint density at radius 3 is 2.40 bits per heavy atom. The largest absolute Gasteiger partial charge is 0.405 e. The van der Waals surface area contributed by atoms with Gasteiger partial charge >= 0.3 is 6.18 Å². The molecule has 6 heteroatoms. The van der Waals surface area contributed by atoms with Gasteiger partial charge in [-0.15, -0.1) is 0 Å². The van der Waals surface area contributed by atoms with E-state index in [1.807, 2.05) is 6.92 Å². The van der Waals surface area contributed by atoms with Crippen molar-refractivity contribution in [1.82, 2.24) is 0 Å². The molecule has 0 amide bonds. The molecule has 0 radical (unpaired) electrons. The molecule has 1 rings (SSSR count). The highest BCUT2D eigenvalue weighted by atomic mass is 19.4. The second kappa shape index (κ2) is 6.92. The molecule has 0 spiro atoms. The number of rotatable bonds is 6. The maximum absolute atomic E-state index is 13.3. The molecular formula is C14H20F4N2. The van der Waals surface area contributed by atoms with Crippen LogP contribution in [0, 0.1) is 5.82 Å². The topological polar surface area (TPSA) is 29.3 Å². The number of nitrogens with two attached hydrogens (primary N) is 1. The molecule has 2 nitrogen and oxygen atoms in total. The monoisotopic (exact) mass is 292 g/mol. The minimum absolute atomic E-state index is 0.194. The third kappa shape index (κ3) is 5.00. The number of alkyl halides is 3. The SMILES string of the molecule is CCC(N)Cc1cc(F)ccc1N(CC)CC(F)(F)F. The first-order chi connectivity index (χ1) is 9.26. The third-order valence-electron chi connectivity index (χ3n) is 3.14. The van der Waals surface area contributed by atoms with E-state index in [1.54, 1.807) is 6.92 Å². The van der Waals surface area contributed by atoms with E-state index in [0.29, 0.717) is 24.1 Å². The molecule has 114 valence electrons. The number of anilines is 1. The second-order valence-electron chi connectivity index (χ2n) is 4.77. The van der Waals surface area contributed by atoms with Crippen molar-refractivity contribution < 1.29 is 17.6 Å². The summed E-state index contributed by atoms with van der Waals surface area (Å²) in [6.07, 6.45) is -3.26. The van der Waals surface area contributed by atoms with Gasteiger partial charge < -0.3 is 10.6 Å². The minimum atomic E-state index is -4.30. The summed E-state index contributed by atoms with van der Waals surface area (Å²) in [4.78, 5) is 1.19. The molecular weight excluding hydrogens is 272 g/mol. The molecule has 0 fully saturated rings.